The van der Waals surface area contributed by atoms with Crippen LogP contribution in [0.1, 0.15) is 159 Å². The van der Waals surface area contributed by atoms with Gasteiger partial charge in [-0.2, -0.15) is 0 Å². The summed E-state index contributed by atoms with van der Waals surface area (Å²) in [7, 11) is 0. The summed E-state index contributed by atoms with van der Waals surface area (Å²) in [5, 5.41) is 57.6. The molecule has 11 aromatic carbocycles. The predicted octanol–water partition coefficient (Wildman–Crippen LogP) is 19.4. The summed E-state index contributed by atoms with van der Waals surface area (Å²) in [6.07, 6.45) is 26.6. The van der Waals surface area contributed by atoms with E-state index in [0.29, 0.717) is 57.4 Å². The number of nitrogens with one attached hydrogen (secondary N) is 11. The van der Waals surface area contributed by atoms with Gasteiger partial charge in [0.2, 0.25) is 11.8 Å². The van der Waals surface area contributed by atoms with Crippen LogP contribution in [-0.2, 0) is 87.0 Å². The van der Waals surface area contributed by atoms with Crippen molar-refractivity contribution in [2.45, 2.75) is 152 Å². The molecule has 2 saturated heterocycles. The van der Waals surface area contributed by atoms with Crippen LogP contribution in [0.4, 0.5) is 0 Å². The average Bonchev–Trinajstić information content (AvgIpc) is 1.62. The summed E-state index contributed by atoms with van der Waals surface area (Å²) in [6.45, 7) is 4.13. The zero-order valence-corrected chi connectivity index (χ0v) is 78.2. The Morgan fingerprint density at radius 1 is 0.350 bits per heavy atom. The van der Waals surface area contributed by atoms with Gasteiger partial charge in [0, 0.05) is 147 Å². The van der Waals surface area contributed by atoms with Crippen LogP contribution in [0.25, 0.3) is 87.0 Å². The van der Waals surface area contributed by atoms with Crippen LogP contribution in [0, 0.1) is 0 Å². The molecule has 13 N–H and O–H groups in total. The first kappa shape index (κ1) is 90.5. The van der Waals surface area contributed by atoms with Crippen molar-refractivity contribution in [2.24, 2.45) is 5.73 Å². The first-order valence-electron chi connectivity index (χ1n) is 49.1. The summed E-state index contributed by atoms with van der Waals surface area (Å²) in [6, 6.07) is 94.3. The molecule has 0 radical (unpaired) electrons. The van der Waals surface area contributed by atoms with Crippen molar-refractivity contribution in [2.75, 3.05) is 19.6 Å². The van der Waals surface area contributed by atoms with Gasteiger partial charge in [-0.1, -0.05) is 231 Å². The molecular formula is C115H114N22O3. The Morgan fingerprint density at radius 2 is 0.707 bits per heavy atom. The number of benzene rings is 11. The molecule has 10 aromatic heterocycles. The van der Waals surface area contributed by atoms with Gasteiger partial charge in [0.05, 0.1) is 49.3 Å². The first-order valence-corrected chi connectivity index (χ1v) is 49.1. The van der Waals surface area contributed by atoms with Crippen LogP contribution in [0.5, 0.6) is 0 Å². The molecular weight excluding hydrogens is 1740 g/mol. The second kappa shape index (κ2) is 41.9. The average molecular weight is 1850 g/mol. The number of pyridine rings is 1. The van der Waals surface area contributed by atoms with Gasteiger partial charge in [-0.05, 0) is 204 Å². The Kier molecular flexibility index (Phi) is 27.1. The highest BCUT2D eigenvalue weighted by Gasteiger charge is 2.39. The maximum atomic E-state index is 13.9. The molecule has 21 aromatic rings. The van der Waals surface area contributed by atoms with Crippen molar-refractivity contribution in [1.82, 2.24) is 106 Å². The van der Waals surface area contributed by atoms with E-state index in [1.807, 2.05) is 60.9 Å². The number of aromatic amines is 6. The quantitative estimate of drug-likeness (QED) is 0.0182. The van der Waals surface area contributed by atoms with Crippen LogP contribution < -0.4 is 32.3 Å². The maximum absolute atomic E-state index is 13.9. The normalized spacial score (nSPS) is 14.3. The van der Waals surface area contributed by atoms with E-state index in [2.05, 4.69) is 324 Å². The largest absolute Gasteiger partial charge is 0.361 e. The number of hydrogen-bond acceptors (Lipinski definition) is 13. The standard InChI is InChI=1S/C40H35N7O.C39H39N7O.C36H40N8O/c48-40(36-20-7-8-22-41-36)44-37(23-30-25-43-35-19-6-4-17-33(30)35)39-46-45-38(21-10-13-28-24-42-34-18-5-3-16-32(28)34)47(39)26-29-14-9-12-27-11-1-2-15-31(27)29;47-39(35-19-9-21-40-35)43-36(22-29-24-42-34-18-6-4-16-32(29)34)38-45-44-37(20-8-12-27-23-41-33-17-5-3-15-31(27)33)46(38)25-28-13-7-11-26-10-1-2-14-30(26)28;37-36(17-19-38-20-18-36)35(45)41-32(21-27-23-40-31-15-7-5-13-29(27)31)34-43-42-33(44(34)24-25-9-2-1-3-10-25)16-8-11-26-22-39-30-14-6-4-12-28(26)30/h1-9,11-12,14-20,22,24-25,37,42-43H,10,13,21,23,26H2,(H,44,48);1-7,10-11,13-18,23-24,35-36,40-42H,8-9,12,19-22,25H2,(H,43,47);1-7,9-10,12-15,22-23,32,38-40H,8,11,16-21,24,37H2,(H,41,45)/t37-;35?,36-;32-/m111/s1. The first-order chi connectivity index (χ1) is 69.0. The number of aromatic nitrogens is 16. The number of nitrogens with two attached hydrogens (primary N) is 1. The van der Waals surface area contributed by atoms with Gasteiger partial charge in [0.15, 0.2) is 17.5 Å². The maximum Gasteiger partial charge on any atom is 0.270 e. The number of carbonyl (C=O) groups is 3. The molecule has 0 spiro atoms. The second-order valence-corrected chi connectivity index (χ2v) is 37.2. The Bertz CT molecular complexity index is 7860. The molecule has 1 unspecified atom stereocenters. The number of carbonyl (C=O) groups excluding carboxylic acids is 3. The highest BCUT2D eigenvalue weighted by atomic mass is 16.2. The number of nitrogens with zero attached hydrogens (tertiary/aromatic N) is 10. The minimum atomic E-state index is -0.920. The van der Waals surface area contributed by atoms with Crippen LogP contribution >= 0.6 is 0 Å². The van der Waals surface area contributed by atoms with E-state index in [4.69, 9.17) is 36.3 Å². The number of fused-ring (bicyclic) bond motifs is 8. The van der Waals surface area contributed by atoms with E-state index in [1.165, 1.54) is 65.5 Å². The Balaban J connectivity index is 0.000000125. The van der Waals surface area contributed by atoms with Crippen LogP contribution in [0.15, 0.2) is 322 Å². The van der Waals surface area contributed by atoms with Crippen molar-refractivity contribution >= 4 is 105 Å². The van der Waals surface area contributed by atoms with Gasteiger partial charge < -0.3 is 75.9 Å². The summed E-state index contributed by atoms with van der Waals surface area (Å²) < 4.78 is 6.68. The van der Waals surface area contributed by atoms with Crippen LogP contribution in [0.3, 0.4) is 0 Å². The summed E-state index contributed by atoms with van der Waals surface area (Å²) in [4.78, 5) is 65.9. The third-order valence-electron chi connectivity index (χ3n) is 28.1. The summed E-state index contributed by atoms with van der Waals surface area (Å²) in [5.41, 5.74) is 23.6. The fourth-order valence-electron chi connectivity index (χ4n) is 20.7. The van der Waals surface area contributed by atoms with Gasteiger partial charge in [-0.15, -0.1) is 30.6 Å². The molecule has 0 bridgehead atoms. The molecule has 140 heavy (non-hydrogen) atoms. The number of amides is 3. The van der Waals surface area contributed by atoms with Crippen LogP contribution in [0.2, 0.25) is 0 Å². The molecule has 2 aliphatic heterocycles. The highest BCUT2D eigenvalue weighted by Crippen LogP contribution is 2.35. The van der Waals surface area contributed by atoms with Crippen molar-refractivity contribution in [1.29, 1.82) is 0 Å². The molecule has 3 amide bonds. The Labute approximate surface area is 810 Å². The van der Waals surface area contributed by atoms with Gasteiger partial charge in [-0.3, -0.25) is 19.4 Å². The predicted molar refractivity (Wildman–Crippen MR) is 555 cm³/mol. The number of para-hydroxylation sites is 6. The number of rotatable bonds is 33. The van der Waals surface area contributed by atoms with Crippen molar-refractivity contribution in [3.8, 4) is 0 Å². The number of aryl methyl sites for hydroxylation is 6. The molecule has 2 fully saturated rings. The van der Waals surface area contributed by atoms with Crippen LogP contribution in [-0.4, -0.2) is 128 Å². The molecule has 4 atom stereocenters. The second-order valence-electron chi connectivity index (χ2n) is 37.2. The molecule has 0 aliphatic carbocycles. The van der Waals surface area contributed by atoms with E-state index >= 15 is 0 Å². The van der Waals surface area contributed by atoms with E-state index in [1.54, 1.807) is 12.3 Å². The van der Waals surface area contributed by atoms with E-state index in [-0.39, 0.29) is 29.8 Å². The summed E-state index contributed by atoms with van der Waals surface area (Å²) >= 11 is 0. The fourth-order valence-corrected chi connectivity index (χ4v) is 20.7. The Morgan fingerprint density at radius 3 is 1.11 bits per heavy atom. The lowest BCUT2D eigenvalue weighted by molar-refractivity contribution is -0.128. The third-order valence-corrected chi connectivity index (χ3v) is 28.1. The lowest BCUT2D eigenvalue weighted by atomic mass is 9.88. The van der Waals surface area contributed by atoms with Gasteiger partial charge in [0.25, 0.3) is 5.91 Å². The fraction of sp³-hybridized carbons (Fsp3) is 0.235. The molecule has 0 saturated carbocycles. The molecule has 702 valence electrons. The zero-order chi connectivity index (χ0) is 94.5. The number of hydrogen-bond donors (Lipinski definition) is 12. The molecule has 12 heterocycles. The van der Waals surface area contributed by atoms with Crippen molar-refractivity contribution < 1.29 is 14.4 Å². The zero-order valence-electron chi connectivity index (χ0n) is 78.2. The van der Waals surface area contributed by atoms with Crippen molar-refractivity contribution in [3.05, 3.63) is 413 Å². The molecule has 23 rings (SSSR count). The van der Waals surface area contributed by atoms with Gasteiger partial charge >= 0.3 is 0 Å². The lowest BCUT2D eigenvalue weighted by Crippen LogP contribution is -2.59. The lowest BCUT2D eigenvalue weighted by Gasteiger charge is -2.34. The van der Waals surface area contributed by atoms with Gasteiger partial charge in [-0.25, -0.2) is 0 Å². The third kappa shape index (κ3) is 20.1. The highest BCUT2D eigenvalue weighted by molar-refractivity contribution is 5.94. The molecule has 2 aliphatic rings. The molecule has 25 heteroatoms. The smallest absolute Gasteiger partial charge is 0.270 e. The molecule has 25 nitrogen and oxygen atoms in total. The SMILES string of the molecule is NC1(C(=O)N[C@H](Cc2c[nH]c3ccccc23)c2nnc(CCCc3c[nH]c4ccccc34)n2Cc2ccccc2)CCNCC1.O=C(N[C@H](Cc1c[nH]c2ccccc12)c1nnc(CCCc2c[nH]c3ccccc23)n1Cc1cccc2ccccc12)C1CCCN1.O=C(N[C@H](Cc1c[nH]c2ccccc12)c1nnc(CCCc2c[nH]c3ccccc23)n1Cc1cccc2ccccc12)c1ccccn1. The summed E-state index contributed by atoms with van der Waals surface area (Å²) in [5.74, 6) is 4.64. The minimum Gasteiger partial charge on any atom is -0.361 e. The Hall–Kier alpha value is -16.0. The van der Waals surface area contributed by atoms with E-state index in [0.717, 1.165) is 197 Å². The monoisotopic (exact) mass is 1850 g/mol. The minimum absolute atomic E-state index is 0.0212. The van der Waals surface area contributed by atoms with Crippen molar-refractivity contribution in [3.63, 3.8) is 0 Å². The van der Waals surface area contributed by atoms with E-state index in [9.17, 15) is 14.4 Å². The van der Waals surface area contributed by atoms with Gasteiger partial charge in [0.1, 0.15) is 23.2 Å². The number of H-pyrrole nitrogens is 6. The topological polar surface area (TPSA) is 337 Å². The van der Waals surface area contributed by atoms with E-state index < -0.39 is 17.6 Å². The number of piperidine rings is 1.